The molecular weight excluding hydrogens is 364 g/mol. The molecule has 0 radical (unpaired) electrons. The van der Waals surface area contributed by atoms with E-state index in [0.29, 0.717) is 13.1 Å². The van der Waals surface area contributed by atoms with E-state index in [1.54, 1.807) is 18.3 Å². The highest BCUT2D eigenvalue weighted by atomic mass is 32.2. The molecule has 10 heteroatoms. The highest BCUT2D eigenvalue weighted by molar-refractivity contribution is 7.89. The van der Waals surface area contributed by atoms with Crippen molar-refractivity contribution < 1.29 is 33.0 Å². The van der Waals surface area contributed by atoms with Gasteiger partial charge in [0.25, 0.3) is 0 Å². The molecule has 0 saturated carbocycles. The van der Waals surface area contributed by atoms with Crippen LogP contribution in [0.5, 0.6) is 5.75 Å². The molecule has 1 aromatic rings. The van der Waals surface area contributed by atoms with Crippen LogP contribution in [-0.2, 0) is 26.2 Å². The average molecular weight is 388 g/mol. The third kappa shape index (κ3) is 6.98. The van der Waals surface area contributed by atoms with Gasteiger partial charge in [-0.05, 0) is 24.6 Å². The fourth-order valence-electron chi connectivity index (χ4n) is 2.38. The Morgan fingerprint density at radius 3 is 2.15 bits per heavy atom. The van der Waals surface area contributed by atoms with Crippen molar-refractivity contribution in [2.45, 2.75) is 13.5 Å². The molecule has 0 amide bonds. The zero-order valence-electron chi connectivity index (χ0n) is 14.8. The van der Waals surface area contributed by atoms with E-state index in [1.165, 1.54) is 5.56 Å². The van der Waals surface area contributed by atoms with E-state index in [2.05, 4.69) is 11.0 Å². The van der Waals surface area contributed by atoms with Crippen molar-refractivity contribution in [3.8, 4) is 5.75 Å². The Balaban J connectivity index is 0.000000487. The number of nitrogens with zero attached hydrogens (tertiary/aromatic N) is 2. The molecule has 0 aliphatic carbocycles. The van der Waals surface area contributed by atoms with Crippen molar-refractivity contribution in [2.24, 2.45) is 0 Å². The van der Waals surface area contributed by atoms with Crippen molar-refractivity contribution >= 4 is 22.0 Å². The number of carboxylic acid groups (broad SMARTS) is 2. The summed E-state index contributed by atoms with van der Waals surface area (Å²) in [5.74, 6) is -2.61. The topological polar surface area (TPSA) is 124 Å². The highest BCUT2D eigenvalue weighted by Gasteiger charge is 2.25. The molecule has 0 unspecified atom stereocenters. The van der Waals surface area contributed by atoms with Gasteiger partial charge in [-0.3, -0.25) is 4.90 Å². The number of hydrogen-bond acceptors (Lipinski definition) is 6. The van der Waals surface area contributed by atoms with E-state index in [9.17, 15) is 8.42 Å². The maximum atomic E-state index is 11.8. The van der Waals surface area contributed by atoms with Crippen LogP contribution in [0.2, 0.25) is 0 Å². The SMILES string of the molecule is CCS(=O)(=O)N1CCN(Cc2cccc(OC)c2)CC1.O=C(O)C(=O)O. The largest absolute Gasteiger partial charge is 0.497 e. The van der Waals surface area contributed by atoms with Crippen LogP contribution < -0.4 is 4.74 Å². The van der Waals surface area contributed by atoms with E-state index >= 15 is 0 Å². The van der Waals surface area contributed by atoms with E-state index in [-0.39, 0.29) is 5.75 Å². The zero-order valence-corrected chi connectivity index (χ0v) is 15.6. The van der Waals surface area contributed by atoms with Gasteiger partial charge < -0.3 is 14.9 Å². The summed E-state index contributed by atoms with van der Waals surface area (Å²) in [6.45, 7) is 5.24. The number of ether oxygens (including phenoxy) is 1. The summed E-state index contributed by atoms with van der Waals surface area (Å²) in [5, 5.41) is 14.8. The quantitative estimate of drug-likeness (QED) is 0.691. The molecule has 1 saturated heterocycles. The Kier molecular flexibility index (Phi) is 8.49. The van der Waals surface area contributed by atoms with Crippen LogP contribution in [0.15, 0.2) is 24.3 Å². The predicted molar refractivity (Wildman–Crippen MR) is 94.6 cm³/mol. The minimum Gasteiger partial charge on any atom is -0.497 e. The number of aliphatic carboxylic acids is 2. The molecule has 0 bridgehead atoms. The second-order valence-corrected chi connectivity index (χ2v) is 7.80. The van der Waals surface area contributed by atoms with Gasteiger partial charge in [0.15, 0.2) is 0 Å². The maximum absolute atomic E-state index is 11.8. The molecule has 1 aromatic carbocycles. The van der Waals surface area contributed by atoms with Crippen LogP contribution in [0.3, 0.4) is 0 Å². The summed E-state index contributed by atoms with van der Waals surface area (Å²) >= 11 is 0. The van der Waals surface area contributed by atoms with E-state index in [1.807, 2.05) is 18.2 Å². The number of rotatable bonds is 5. The number of hydrogen-bond donors (Lipinski definition) is 2. The Labute approximate surface area is 152 Å². The van der Waals surface area contributed by atoms with E-state index in [0.717, 1.165) is 25.4 Å². The summed E-state index contributed by atoms with van der Waals surface area (Å²) < 4.78 is 30.4. The first-order chi connectivity index (χ1) is 12.2. The smallest absolute Gasteiger partial charge is 0.414 e. The summed E-state index contributed by atoms with van der Waals surface area (Å²) in [6.07, 6.45) is 0. The van der Waals surface area contributed by atoms with Gasteiger partial charge in [-0.1, -0.05) is 12.1 Å². The highest BCUT2D eigenvalue weighted by Crippen LogP contribution is 2.16. The third-order valence-corrected chi connectivity index (χ3v) is 5.69. The van der Waals surface area contributed by atoms with E-state index in [4.69, 9.17) is 24.5 Å². The molecule has 0 spiro atoms. The van der Waals surface area contributed by atoms with Crippen LogP contribution in [-0.4, -0.2) is 78.8 Å². The second-order valence-electron chi connectivity index (χ2n) is 5.54. The normalized spacial score (nSPS) is 15.6. The zero-order chi connectivity index (χ0) is 19.7. The number of methoxy groups -OCH3 is 1. The summed E-state index contributed by atoms with van der Waals surface area (Å²) in [6, 6.07) is 7.99. The lowest BCUT2D eigenvalue weighted by molar-refractivity contribution is -0.159. The van der Waals surface area contributed by atoms with Crippen LogP contribution >= 0.6 is 0 Å². The van der Waals surface area contributed by atoms with Crippen LogP contribution in [0.1, 0.15) is 12.5 Å². The van der Waals surface area contributed by atoms with Gasteiger partial charge in [0.2, 0.25) is 10.0 Å². The number of piperazine rings is 1. The van der Waals surface area contributed by atoms with Crippen LogP contribution in [0.25, 0.3) is 0 Å². The first-order valence-electron chi connectivity index (χ1n) is 7.99. The Morgan fingerprint density at radius 2 is 1.69 bits per heavy atom. The van der Waals surface area contributed by atoms with E-state index < -0.39 is 22.0 Å². The molecule has 2 N–H and O–H groups in total. The van der Waals surface area contributed by atoms with Gasteiger partial charge >= 0.3 is 11.9 Å². The molecule has 1 aliphatic rings. The molecule has 0 atom stereocenters. The van der Waals surface area contributed by atoms with Crippen LogP contribution in [0, 0.1) is 0 Å². The van der Waals surface area contributed by atoms with Gasteiger partial charge in [-0.15, -0.1) is 0 Å². The first kappa shape index (κ1) is 21.9. The standard InChI is InChI=1S/C14H22N2O3S.C2H2O4/c1-3-20(17,18)16-9-7-15(8-10-16)12-13-5-4-6-14(11-13)19-2;3-1(4)2(5)6/h4-6,11H,3,7-10,12H2,1-2H3;(H,3,4)(H,5,6). The average Bonchev–Trinajstić information content (AvgIpc) is 2.62. The molecule has 9 nitrogen and oxygen atoms in total. The van der Waals surface area contributed by atoms with Crippen LogP contribution in [0.4, 0.5) is 0 Å². The monoisotopic (exact) mass is 388 g/mol. The number of carboxylic acids is 2. The number of benzene rings is 1. The second kappa shape index (κ2) is 10.1. The van der Waals surface area contributed by atoms with Crippen molar-refractivity contribution in [3.05, 3.63) is 29.8 Å². The van der Waals surface area contributed by atoms with Crippen molar-refractivity contribution in [2.75, 3.05) is 39.0 Å². The summed E-state index contributed by atoms with van der Waals surface area (Å²) in [7, 11) is -1.38. The third-order valence-electron chi connectivity index (χ3n) is 3.81. The lowest BCUT2D eigenvalue weighted by Crippen LogP contribution is -2.48. The first-order valence-corrected chi connectivity index (χ1v) is 9.59. The molecule has 26 heavy (non-hydrogen) atoms. The van der Waals surface area contributed by atoms with Crippen molar-refractivity contribution in [1.29, 1.82) is 0 Å². The lowest BCUT2D eigenvalue weighted by atomic mass is 10.2. The Bertz CT molecular complexity index is 701. The lowest BCUT2D eigenvalue weighted by Gasteiger charge is -2.33. The maximum Gasteiger partial charge on any atom is 0.414 e. The molecule has 1 aliphatic heterocycles. The van der Waals surface area contributed by atoms with Gasteiger partial charge in [-0.2, -0.15) is 4.31 Å². The molecular formula is C16H24N2O7S. The van der Waals surface area contributed by atoms with Gasteiger partial charge in [-0.25, -0.2) is 18.0 Å². The predicted octanol–water partition coefficient (Wildman–Crippen LogP) is 0.318. The fourth-order valence-corrected chi connectivity index (χ4v) is 3.46. The minimum absolute atomic E-state index is 0.183. The van der Waals surface area contributed by atoms with Gasteiger partial charge in [0, 0.05) is 32.7 Å². The molecule has 1 fully saturated rings. The van der Waals surface area contributed by atoms with Gasteiger partial charge in [0.1, 0.15) is 5.75 Å². The molecule has 146 valence electrons. The summed E-state index contributed by atoms with van der Waals surface area (Å²) in [4.78, 5) is 20.5. The Morgan fingerprint density at radius 1 is 1.12 bits per heavy atom. The number of carbonyl (C=O) groups is 2. The molecule has 2 rings (SSSR count). The Hall–Kier alpha value is -2.17. The minimum atomic E-state index is -3.04. The molecule has 0 aromatic heterocycles. The van der Waals surface area contributed by atoms with Crippen molar-refractivity contribution in [1.82, 2.24) is 9.21 Å². The number of sulfonamides is 1. The van der Waals surface area contributed by atoms with Gasteiger partial charge in [0.05, 0.1) is 12.9 Å². The fraction of sp³-hybridized carbons (Fsp3) is 0.500. The molecule has 1 heterocycles. The van der Waals surface area contributed by atoms with Crippen molar-refractivity contribution in [3.63, 3.8) is 0 Å². The summed E-state index contributed by atoms with van der Waals surface area (Å²) in [5.41, 5.74) is 1.19.